The molecule has 5 rings (SSSR count). The molecule has 0 saturated heterocycles. The molecule has 148 valence electrons. The van der Waals surface area contributed by atoms with Crippen molar-refractivity contribution in [1.82, 2.24) is 9.78 Å². The molecule has 1 amide bonds. The fourth-order valence-corrected chi connectivity index (χ4v) is 4.19. The first-order valence-corrected chi connectivity index (χ1v) is 9.70. The first-order valence-electron chi connectivity index (χ1n) is 9.70. The van der Waals surface area contributed by atoms with Crippen molar-refractivity contribution in [2.24, 2.45) is 0 Å². The van der Waals surface area contributed by atoms with E-state index in [1.807, 2.05) is 36.4 Å². The quantitative estimate of drug-likeness (QED) is 0.504. The Hall–Kier alpha value is -3.80. The van der Waals surface area contributed by atoms with Gasteiger partial charge in [0, 0.05) is 17.5 Å². The number of ketones is 1. The number of carbonyl (C=O) groups is 2. The normalized spacial score (nSPS) is 15.7. The van der Waals surface area contributed by atoms with Gasteiger partial charge in [-0.15, -0.1) is 0 Å². The summed E-state index contributed by atoms with van der Waals surface area (Å²) in [5.74, 6) is -1.02. The van der Waals surface area contributed by atoms with E-state index in [-0.39, 0.29) is 18.1 Å². The zero-order chi connectivity index (χ0) is 20.8. The zero-order valence-corrected chi connectivity index (χ0v) is 16.2. The topological polar surface area (TPSA) is 64.0 Å². The van der Waals surface area contributed by atoms with Crippen molar-refractivity contribution in [3.8, 4) is 5.69 Å². The van der Waals surface area contributed by atoms with Crippen LogP contribution in [0.3, 0.4) is 0 Å². The minimum atomic E-state index is -0.651. The minimum absolute atomic E-state index is 0.0464. The van der Waals surface area contributed by atoms with Gasteiger partial charge in [-0.25, -0.2) is 9.07 Å². The number of halogens is 1. The molecule has 5 nitrogen and oxygen atoms in total. The van der Waals surface area contributed by atoms with E-state index in [2.05, 4.69) is 10.4 Å². The average Bonchev–Trinajstić information content (AvgIpc) is 3.08. The summed E-state index contributed by atoms with van der Waals surface area (Å²) < 4.78 is 15.3. The summed E-state index contributed by atoms with van der Waals surface area (Å²) in [6.45, 7) is 1.80. The van der Waals surface area contributed by atoms with Crippen LogP contribution >= 0.6 is 0 Å². The fraction of sp³-hybridized carbons (Fsp3) is 0.125. The van der Waals surface area contributed by atoms with Crippen molar-refractivity contribution < 1.29 is 14.0 Å². The number of aryl methyl sites for hydroxylation is 1. The van der Waals surface area contributed by atoms with Gasteiger partial charge in [0.1, 0.15) is 11.6 Å². The van der Waals surface area contributed by atoms with Gasteiger partial charge < -0.3 is 5.32 Å². The Morgan fingerprint density at radius 3 is 2.70 bits per heavy atom. The van der Waals surface area contributed by atoms with Crippen molar-refractivity contribution >= 4 is 28.3 Å². The molecule has 6 heteroatoms. The minimum Gasteiger partial charge on any atom is -0.310 e. The van der Waals surface area contributed by atoms with Gasteiger partial charge in [0.05, 0.1) is 17.3 Å². The Morgan fingerprint density at radius 1 is 1.10 bits per heavy atom. The lowest BCUT2D eigenvalue weighted by molar-refractivity contribution is -0.116. The first-order chi connectivity index (χ1) is 14.5. The molecule has 0 radical (unpaired) electrons. The molecular formula is C24H18FN3O2. The Bertz CT molecular complexity index is 1320. The predicted molar refractivity (Wildman–Crippen MR) is 113 cm³/mol. The van der Waals surface area contributed by atoms with Crippen LogP contribution in [0.25, 0.3) is 16.5 Å². The molecule has 3 aromatic carbocycles. The van der Waals surface area contributed by atoms with Crippen molar-refractivity contribution in [2.75, 3.05) is 5.32 Å². The van der Waals surface area contributed by atoms with Crippen molar-refractivity contribution in [2.45, 2.75) is 19.3 Å². The highest BCUT2D eigenvalue weighted by Crippen LogP contribution is 2.39. The lowest BCUT2D eigenvalue weighted by Gasteiger charge is -2.23. The van der Waals surface area contributed by atoms with Crippen molar-refractivity contribution in [1.29, 1.82) is 0 Å². The van der Waals surface area contributed by atoms with Gasteiger partial charge in [0.2, 0.25) is 5.91 Å². The summed E-state index contributed by atoms with van der Waals surface area (Å²) in [5.41, 5.74) is 2.37. The summed E-state index contributed by atoms with van der Waals surface area (Å²) in [6, 6.07) is 19.3. The highest BCUT2D eigenvalue weighted by Gasteiger charge is 2.36. The Labute approximate surface area is 172 Å². The van der Waals surface area contributed by atoms with E-state index in [9.17, 15) is 14.0 Å². The van der Waals surface area contributed by atoms with Gasteiger partial charge in [-0.3, -0.25) is 9.59 Å². The van der Waals surface area contributed by atoms with Gasteiger partial charge >= 0.3 is 0 Å². The first kappa shape index (κ1) is 18.2. The molecule has 0 saturated carbocycles. The van der Waals surface area contributed by atoms with E-state index in [0.29, 0.717) is 28.3 Å². The summed E-state index contributed by atoms with van der Waals surface area (Å²) in [6.07, 6.45) is 0.0464. The number of hydrogen-bond acceptors (Lipinski definition) is 3. The third-order valence-electron chi connectivity index (χ3n) is 5.53. The number of aromatic nitrogens is 2. The second-order valence-corrected chi connectivity index (χ2v) is 7.44. The molecule has 2 heterocycles. The maximum Gasteiger partial charge on any atom is 0.226 e. The standard InChI is InChI=1S/C24H18FN3O2/c1-14-22-20(23(30)19-11-4-7-15-6-2-3-10-18(15)19)13-21(29)26-24(22)28(27-14)17-9-5-8-16(25)12-17/h2-12,20H,13H2,1H3,(H,26,29)/t20-/m1/s1. The third-order valence-corrected chi connectivity index (χ3v) is 5.53. The number of hydrogen-bond donors (Lipinski definition) is 1. The maximum atomic E-state index is 13.8. The second kappa shape index (κ2) is 6.91. The van der Waals surface area contributed by atoms with Crippen LogP contribution in [0, 0.1) is 12.7 Å². The van der Waals surface area contributed by atoms with Gasteiger partial charge in [-0.1, -0.05) is 48.5 Å². The number of nitrogens with one attached hydrogen (secondary N) is 1. The average molecular weight is 399 g/mol. The van der Waals surface area contributed by atoms with E-state index in [0.717, 1.165) is 10.8 Å². The number of Topliss-reactive ketones (excluding diaryl/α,β-unsaturated/α-hetero) is 1. The summed E-state index contributed by atoms with van der Waals surface area (Å²) >= 11 is 0. The van der Waals surface area contributed by atoms with Crippen LogP contribution in [0.1, 0.15) is 34.0 Å². The number of fused-ring (bicyclic) bond motifs is 2. The summed E-state index contributed by atoms with van der Waals surface area (Å²) in [5, 5.41) is 9.16. The molecule has 1 atom stereocenters. The number of anilines is 1. The lowest BCUT2D eigenvalue weighted by atomic mass is 9.84. The van der Waals surface area contributed by atoms with Crippen LogP contribution < -0.4 is 5.32 Å². The molecular weight excluding hydrogens is 381 g/mol. The third kappa shape index (κ3) is 2.88. The highest BCUT2D eigenvalue weighted by molar-refractivity contribution is 6.14. The second-order valence-electron chi connectivity index (χ2n) is 7.44. The molecule has 0 spiro atoms. The van der Waals surface area contributed by atoms with Crippen molar-refractivity contribution in [3.63, 3.8) is 0 Å². The zero-order valence-electron chi connectivity index (χ0n) is 16.2. The number of nitrogens with zero attached hydrogens (tertiary/aromatic N) is 2. The highest BCUT2D eigenvalue weighted by atomic mass is 19.1. The Kier molecular flexibility index (Phi) is 4.20. The molecule has 0 bridgehead atoms. The Morgan fingerprint density at radius 2 is 1.87 bits per heavy atom. The lowest BCUT2D eigenvalue weighted by Crippen LogP contribution is -2.28. The van der Waals surface area contributed by atoms with Crippen LogP contribution in [-0.2, 0) is 4.79 Å². The number of amides is 1. The molecule has 1 aromatic heterocycles. The molecule has 0 unspecified atom stereocenters. The van der Waals surface area contributed by atoms with Crippen LogP contribution in [0.5, 0.6) is 0 Å². The van der Waals surface area contributed by atoms with Gasteiger partial charge in [-0.2, -0.15) is 5.10 Å². The van der Waals surface area contributed by atoms with E-state index >= 15 is 0 Å². The summed E-state index contributed by atoms with van der Waals surface area (Å²) in [4.78, 5) is 26.1. The van der Waals surface area contributed by atoms with Crippen LogP contribution in [-0.4, -0.2) is 21.5 Å². The molecule has 1 aliphatic heterocycles. The van der Waals surface area contributed by atoms with Crippen LogP contribution in [0.4, 0.5) is 10.2 Å². The molecule has 1 aliphatic rings. The monoisotopic (exact) mass is 399 g/mol. The van der Waals surface area contributed by atoms with Gasteiger partial charge in [0.15, 0.2) is 5.78 Å². The molecule has 0 fully saturated rings. The van der Waals surface area contributed by atoms with E-state index in [4.69, 9.17) is 0 Å². The SMILES string of the molecule is Cc1nn(-c2cccc(F)c2)c2c1[C@H](C(=O)c1cccc3ccccc13)CC(=O)N2. The molecule has 4 aromatic rings. The fourth-order valence-electron chi connectivity index (χ4n) is 4.19. The van der Waals surface area contributed by atoms with E-state index in [1.54, 1.807) is 25.1 Å². The van der Waals surface area contributed by atoms with E-state index in [1.165, 1.54) is 16.8 Å². The Balaban J connectivity index is 1.66. The number of carbonyl (C=O) groups excluding carboxylic acids is 2. The molecule has 0 aliphatic carbocycles. The summed E-state index contributed by atoms with van der Waals surface area (Å²) in [7, 11) is 0. The van der Waals surface area contributed by atoms with E-state index < -0.39 is 11.7 Å². The predicted octanol–water partition coefficient (Wildman–Crippen LogP) is 4.78. The largest absolute Gasteiger partial charge is 0.310 e. The van der Waals surface area contributed by atoms with Gasteiger partial charge in [-0.05, 0) is 35.9 Å². The number of benzene rings is 3. The van der Waals surface area contributed by atoms with Crippen LogP contribution in [0.2, 0.25) is 0 Å². The maximum absolute atomic E-state index is 13.8. The van der Waals surface area contributed by atoms with Gasteiger partial charge in [0.25, 0.3) is 0 Å². The smallest absolute Gasteiger partial charge is 0.226 e. The van der Waals surface area contributed by atoms with Crippen molar-refractivity contribution in [3.05, 3.63) is 89.4 Å². The number of rotatable bonds is 3. The molecule has 30 heavy (non-hydrogen) atoms. The molecule has 1 N–H and O–H groups in total. The van der Waals surface area contributed by atoms with Crippen LogP contribution in [0.15, 0.2) is 66.7 Å².